The molecule has 0 aromatic heterocycles. The molecule has 5 heteroatoms. The number of rotatable bonds is 7. The Morgan fingerprint density at radius 1 is 1.13 bits per heavy atom. The standard InChI is InChI=1S/C25H24Br2O3/c1-5-21(17-10-9-13-19(15-17)29-18-11-7-6-8-12-18)30-24(28)22-20(25(22,3)4)14-16(2)23(26)27/h1,6-13,15,20-22H,14H2,2-4H3. The maximum atomic E-state index is 12.9. The van der Waals surface area contributed by atoms with Gasteiger partial charge in [-0.2, -0.15) is 0 Å². The molecule has 3 nitrogen and oxygen atoms in total. The first-order chi connectivity index (χ1) is 14.2. The number of allylic oxidation sites excluding steroid dienone is 1. The summed E-state index contributed by atoms with van der Waals surface area (Å²) in [4.78, 5) is 12.9. The Morgan fingerprint density at radius 2 is 1.80 bits per heavy atom. The van der Waals surface area contributed by atoms with Crippen molar-refractivity contribution in [2.45, 2.75) is 33.3 Å². The Morgan fingerprint density at radius 3 is 2.43 bits per heavy atom. The maximum Gasteiger partial charge on any atom is 0.311 e. The van der Waals surface area contributed by atoms with Gasteiger partial charge in [0.05, 0.1) is 9.31 Å². The van der Waals surface area contributed by atoms with Gasteiger partial charge in [0.25, 0.3) is 0 Å². The minimum atomic E-state index is -0.756. The second-order valence-electron chi connectivity index (χ2n) is 8.12. The molecule has 0 heterocycles. The van der Waals surface area contributed by atoms with Crippen molar-refractivity contribution in [3.05, 3.63) is 69.1 Å². The summed E-state index contributed by atoms with van der Waals surface area (Å²) >= 11 is 6.89. The van der Waals surface area contributed by atoms with Crippen molar-refractivity contribution >= 4 is 37.8 Å². The molecule has 0 amide bonds. The predicted molar refractivity (Wildman–Crippen MR) is 127 cm³/mol. The molecule has 3 unspecified atom stereocenters. The van der Waals surface area contributed by atoms with Crippen LogP contribution < -0.4 is 4.74 Å². The van der Waals surface area contributed by atoms with E-state index in [9.17, 15) is 4.79 Å². The van der Waals surface area contributed by atoms with Gasteiger partial charge in [-0.25, -0.2) is 0 Å². The second-order valence-corrected chi connectivity index (χ2v) is 10.8. The van der Waals surface area contributed by atoms with E-state index in [1.165, 1.54) is 5.57 Å². The van der Waals surface area contributed by atoms with Crippen LogP contribution in [0.15, 0.2) is 63.6 Å². The SMILES string of the molecule is C#CC(OC(=O)C1C(CC(C)=C(Br)Br)C1(C)C)c1cccc(Oc2ccccc2)c1. The Bertz CT molecular complexity index is 985. The number of benzene rings is 2. The van der Waals surface area contributed by atoms with E-state index in [0.29, 0.717) is 11.3 Å². The maximum absolute atomic E-state index is 12.9. The van der Waals surface area contributed by atoms with Crippen molar-refractivity contribution in [2.24, 2.45) is 17.3 Å². The molecule has 0 saturated heterocycles. The van der Waals surface area contributed by atoms with E-state index < -0.39 is 6.10 Å². The van der Waals surface area contributed by atoms with Crippen LogP contribution in [0, 0.1) is 29.6 Å². The van der Waals surface area contributed by atoms with Crippen LogP contribution in [0.2, 0.25) is 0 Å². The number of halogens is 2. The number of carbonyl (C=O) groups excluding carboxylic acids is 1. The Balaban J connectivity index is 1.70. The molecule has 0 aliphatic heterocycles. The van der Waals surface area contributed by atoms with E-state index >= 15 is 0 Å². The molecule has 0 radical (unpaired) electrons. The molecule has 1 saturated carbocycles. The molecule has 1 aliphatic rings. The van der Waals surface area contributed by atoms with E-state index in [-0.39, 0.29) is 23.2 Å². The normalized spacial score (nSPS) is 19.9. The van der Waals surface area contributed by atoms with Crippen LogP contribution in [-0.2, 0) is 9.53 Å². The molecule has 3 atom stereocenters. The van der Waals surface area contributed by atoms with E-state index in [4.69, 9.17) is 15.9 Å². The molecule has 0 spiro atoms. The summed E-state index contributed by atoms with van der Waals surface area (Å²) in [5.74, 6) is 3.77. The van der Waals surface area contributed by atoms with Crippen molar-refractivity contribution in [1.82, 2.24) is 0 Å². The van der Waals surface area contributed by atoms with Gasteiger partial charge in [-0.05, 0) is 80.8 Å². The van der Waals surface area contributed by atoms with Crippen LogP contribution in [-0.4, -0.2) is 5.97 Å². The molecule has 2 aromatic rings. The lowest BCUT2D eigenvalue weighted by Gasteiger charge is -2.15. The number of hydrogen-bond donors (Lipinski definition) is 0. The van der Waals surface area contributed by atoms with Gasteiger partial charge in [0.15, 0.2) is 6.10 Å². The zero-order valence-electron chi connectivity index (χ0n) is 17.2. The third-order valence-corrected chi connectivity index (χ3v) is 7.03. The van der Waals surface area contributed by atoms with Crippen LogP contribution in [0.1, 0.15) is 38.9 Å². The molecule has 2 aromatic carbocycles. The van der Waals surface area contributed by atoms with Crippen molar-refractivity contribution < 1.29 is 14.3 Å². The average molecular weight is 532 g/mol. The number of para-hydroxylation sites is 1. The summed E-state index contributed by atoms with van der Waals surface area (Å²) < 4.78 is 12.6. The summed E-state index contributed by atoms with van der Waals surface area (Å²) in [6, 6.07) is 16.8. The van der Waals surface area contributed by atoms with Crippen LogP contribution in [0.5, 0.6) is 11.5 Å². The molecule has 1 fully saturated rings. The minimum absolute atomic E-state index is 0.120. The average Bonchev–Trinajstić information content (AvgIpc) is 3.26. The Kier molecular flexibility index (Phi) is 7.10. The number of carbonyl (C=O) groups is 1. The van der Waals surface area contributed by atoms with Crippen molar-refractivity contribution in [3.63, 3.8) is 0 Å². The first-order valence-corrected chi connectivity index (χ1v) is 11.3. The topological polar surface area (TPSA) is 35.5 Å². The Labute approximate surface area is 195 Å². The number of ether oxygens (including phenoxy) is 2. The predicted octanol–water partition coefficient (Wildman–Crippen LogP) is 7.38. The molecule has 1 aliphatic carbocycles. The lowest BCUT2D eigenvalue weighted by Crippen LogP contribution is -2.14. The van der Waals surface area contributed by atoms with Gasteiger partial charge in [-0.3, -0.25) is 4.79 Å². The van der Waals surface area contributed by atoms with Crippen LogP contribution >= 0.6 is 31.9 Å². The second kappa shape index (κ2) is 9.41. The fourth-order valence-electron chi connectivity index (χ4n) is 3.75. The highest BCUT2D eigenvalue weighted by atomic mass is 79.9. The molecule has 30 heavy (non-hydrogen) atoms. The van der Waals surface area contributed by atoms with Crippen LogP contribution in [0.3, 0.4) is 0 Å². The summed E-state index contributed by atoms with van der Waals surface area (Å²) in [6.07, 6.45) is 5.77. The monoisotopic (exact) mass is 530 g/mol. The summed E-state index contributed by atoms with van der Waals surface area (Å²) in [6.45, 7) is 6.23. The number of hydrogen-bond acceptors (Lipinski definition) is 3. The zero-order chi connectivity index (χ0) is 21.9. The van der Waals surface area contributed by atoms with E-state index in [0.717, 1.165) is 15.6 Å². The van der Waals surface area contributed by atoms with E-state index in [1.54, 1.807) is 0 Å². The lowest BCUT2D eigenvalue weighted by atomic mass is 10.0. The third kappa shape index (κ3) is 5.17. The number of esters is 1. The van der Waals surface area contributed by atoms with Gasteiger partial charge in [0.1, 0.15) is 11.5 Å². The van der Waals surface area contributed by atoms with Crippen molar-refractivity contribution in [1.29, 1.82) is 0 Å². The number of terminal acetylenes is 1. The largest absolute Gasteiger partial charge is 0.457 e. The lowest BCUT2D eigenvalue weighted by molar-refractivity contribution is -0.149. The first-order valence-electron chi connectivity index (χ1n) is 9.74. The van der Waals surface area contributed by atoms with Gasteiger partial charge in [0, 0.05) is 5.56 Å². The quantitative estimate of drug-likeness (QED) is 0.276. The van der Waals surface area contributed by atoms with Gasteiger partial charge in [-0.15, -0.1) is 6.42 Å². The van der Waals surface area contributed by atoms with E-state index in [2.05, 4.69) is 51.6 Å². The zero-order valence-corrected chi connectivity index (χ0v) is 20.4. The molecular weight excluding hydrogens is 508 g/mol. The fourth-order valence-corrected chi connectivity index (χ4v) is 4.08. The molecule has 3 rings (SSSR count). The molecule has 0 bridgehead atoms. The molecule has 156 valence electrons. The highest BCUT2D eigenvalue weighted by Crippen LogP contribution is 2.61. The van der Waals surface area contributed by atoms with Gasteiger partial charge < -0.3 is 9.47 Å². The smallest absolute Gasteiger partial charge is 0.311 e. The van der Waals surface area contributed by atoms with Crippen LogP contribution in [0.4, 0.5) is 0 Å². The van der Waals surface area contributed by atoms with E-state index in [1.807, 2.05) is 61.5 Å². The van der Waals surface area contributed by atoms with Crippen molar-refractivity contribution in [2.75, 3.05) is 0 Å². The van der Waals surface area contributed by atoms with Gasteiger partial charge >= 0.3 is 5.97 Å². The molecular formula is C25H24Br2O3. The summed E-state index contributed by atoms with van der Waals surface area (Å²) in [5.41, 5.74) is 1.77. The summed E-state index contributed by atoms with van der Waals surface area (Å²) in [7, 11) is 0. The minimum Gasteiger partial charge on any atom is -0.457 e. The van der Waals surface area contributed by atoms with Gasteiger partial charge in [0.2, 0.25) is 0 Å². The first kappa shape index (κ1) is 22.7. The Hall–Kier alpha value is -2.03. The van der Waals surface area contributed by atoms with Crippen molar-refractivity contribution in [3.8, 4) is 23.8 Å². The third-order valence-electron chi connectivity index (χ3n) is 5.68. The van der Waals surface area contributed by atoms with Gasteiger partial charge in [-0.1, -0.05) is 55.7 Å². The summed E-state index contributed by atoms with van der Waals surface area (Å²) in [5, 5.41) is 0. The highest BCUT2D eigenvalue weighted by molar-refractivity contribution is 9.28. The van der Waals surface area contributed by atoms with Crippen LogP contribution in [0.25, 0.3) is 0 Å². The fraction of sp³-hybridized carbons (Fsp3) is 0.320. The highest BCUT2D eigenvalue weighted by Gasteiger charge is 2.62. The molecule has 0 N–H and O–H groups in total.